The number of allylic oxidation sites excluding steroid dienone is 4. The third-order valence-corrected chi connectivity index (χ3v) is 9.56. The van der Waals surface area contributed by atoms with E-state index < -0.39 is 21.2 Å². The van der Waals surface area contributed by atoms with E-state index >= 15 is 0 Å². The molecule has 8 nitrogen and oxygen atoms in total. The van der Waals surface area contributed by atoms with Gasteiger partial charge in [0.15, 0.2) is 5.78 Å². The molecule has 5 aromatic rings. The molecule has 7 rings (SSSR count). The van der Waals surface area contributed by atoms with Crippen LogP contribution in [0.2, 0.25) is 5.15 Å². The van der Waals surface area contributed by atoms with Crippen molar-refractivity contribution in [2.24, 2.45) is 0 Å². The highest BCUT2D eigenvalue weighted by atomic mass is 35.5. The Kier molecular flexibility index (Phi) is 5.69. The Hall–Kier alpha value is -4.21. The van der Waals surface area contributed by atoms with Crippen molar-refractivity contribution in [1.82, 2.24) is 14.3 Å². The Balaban J connectivity index is 1.53. The lowest BCUT2D eigenvalue weighted by molar-refractivity contribution is -0.113. The number of benzene rings is 2. The quantitative estimate of drug-likeness (QED) is 0.259. The van der Waals surface area contributed by atoms with Crippen LogP contribution in [-0.4, -0.2) is 34.9 Å². The van der Waals surface area contributed by atoms with Gasteiger partial charge in [-0.3, -0.25) is 9.59 Å². The fraction of sp³-hybridized carbons (Fsp3) is 0.167. The van der Waals surface area contributed by atoms with Gasteiger partial charge in [-0.15, -0.1) is 0 Å². The van der Waals surface area contributed by atoms with Crippen LogP contribution in [0.5, 0.6) is 0 Å². The lowest BCUT2D eigenvalue weighted by Crippen LogP contribution is -2.35. The van der Waals surface area contributed by atoms with E-state index in [0.717, 1.165) is 16.3 Å². The molecule has 3 heterocycles. The number of halogens is 1. The fourth-order valence-corrected chi connectivity index (χ4v) is 6.83. The molecule has 1 N–H and O–H groups in total. The van der Waals surface area contributed by atoms with Crippen molar-refractivity contribution < 1.29 is 22.4 Å². The highest BCUT2D eigenvalue weighted by Gasteiger charge is 2.39. The average Bonchev–Trinajstić information content (AvgIpc) is 3.61. The van der Waals surface area contributed by atoms with Gasteiger partial charge in [-0.05, 0) is 43.2 Å². The number of nitrogens with zero attached hydrogens (tertiary/aromatic N) is 2. The summed E-state index contributed by atoms with van der Waals surface area (Å²) in [4.78, 5) is 31.7. The molecule has 0 aliphatic heterocycles. The molecule has 1 amide bonds. The molecular weight excluding hydrogens is 550 g/mol. The summed E-state index contributed by atoms with van der Waals surface area (Å²) in [6, 6.07) is 15.0. The summed E-state index contributed by atoms with van der Waals surface area (Å²) in [7, 11) is -3.88. The highest BCUT2D eigenvalue weighted by molar-refractivity contribution is 7.91. The number of aromatic nitrogens is 2. The van der Waals surface area contributed by atoms with Crippen LogP contribution < -0.4 is 4.72 Å². The van der Waals surface area contributed by atoms with E-state index in [2.05, 4.69) is 9.71 Å². The standard InChI is InChI=1S/C30H22ClN3O5S/c31-29-19(15-18-5-1-3-7-22(18)32-29)16-34-23-12-9-17-13-14-39-28(17)26(23)25(21-6-2-4-8-24(21)35)27(34)30(36)33-40(37,38)20-10-11-20/h1-7,9,12-15,20H,8,10-11,16H2,(H,33,36). The Labute approximate surface area is 234 Å². The molecule has 200 valence electrons. The summed E-state index contributed by atoms with van der Waals surface area (Å²) in [5, 5.41) is 1.86. The number of rotatable bonds is 6. The molecule has 0 bridgehead atoms. The molecule has 0 spiro atoms. The van der Waals surface area contributed by atoms with Crippen LogP contribution in [0.25, 0.3) is 38.3 Å². The zero-order valence-corrected chi connectivity index (χ0v) is 22.6. The molecule has 1 fully saturated rings. The van der Waals surface area contributed by atoms with Crippen molar-refractivity contribution in [3.63, 3.8) is 0 Å². The average molecular weight is 572 g/mol. The van der Waals surface area contributed by atoms with Gasteiger partial charge in [0.05, 0.1) is 34.5 Å². The lowest BCUT2D eigenvalue weighted by atomic mass is 9.93. The molecule has 0 atom stereocenters. The van der Waals surface area contributed by atoms with Crippen LogP contribution in [0.4, 0.5) is 0 Å². The number of pyridine rings is 1. The van der Waals surface area contributed by atoms with Crippen LogP contribution in [0.3, 0.4) is 0 Å². The van der Waals surface area contributed by atoms with Gasteiger partial charge in [-0.2, -0.15) is 0 Å². The third kappa shape index (κ3) is 4.04. The molecule has 0 saturated heterocycles. The topological polar surface area (TPSA) is 111 Å². The first-order valence-corrected chi connectivity index (χ1v) is 14.8. The number of Topliss-reactive ketones (excluding diaryl/α,β-unsaturated/α-hetero) is 1. The molecular formula is C30H22ClN3O5S. The van der Waals surface area contributed by atoms with Crippen molar-refractivity contribution in [1.29, 1.82) is 0 Å². The number of fused-ring (bicyclic) bond motifs is 4. The zero-order valence-electron chi connectivity index (χ0n) is 21.1. The van der Waals surface area contributed by atoms with Gasteiger partial charge in [-0.1, -0.05) is 48.0 Å². The minimum absolute atomic E-state index is 0.0438. The van der Waals surface area contributed by atoms with E-state index in [0.29, 0.717) is 46.0 Å². The van der Waals surface area contributed by atoms with Gasteiger partial charge in [0.1, 0.15) is 16.4 Å². The van der Waals surface area contributed by atoms with Gasteiger partial charge in [0, 0.05) is 33.9 Å². The Morgan fingerprint density at radius 3 is 2.75 bits per heavy atom. The number of amides is 1. The summed E-state index contributed by atoms with van der Waals surface area (Å²) >= 11 is 6.63. The first kappa shape index (κ1) is 24.8. The second-order valence-corrected chi connectivity index (χ2v) is 12.4. The number of hydrogen-bond donors (Lipinski definition) is 1. The van der Waals surface area contributed by atoms with Gasteiger partial charge >= 0.3 is 0 Å². The van der Waals surface area contributed by atoms with E-state index in [4.69, 9.17) is 16.0 Å². The lowest BCUT2D eigenvalue weighted by Gasteiger charge is -2.15. The number of hydrogen-bond acceptors (Lipinski definition) is 6. The van der Waals surface area contributed by atoms with Crippen LogP contribution in [0.15, 0.2) is 77.4 Å². The van der Waals surface area contributed by atoms with E-state index in [1.54, 1.807) is 35.1 Å². The normalized spacial score (nSPS) is 15.7. The van der Waals surface area contributed by atoms with Crippen LogP contribution in [0, 0.1) is 0 Å². The second kappa shape index (κ2) is 9.18. The smallest absolute Gasteiger partial charge is 0.282 e. The molecule has 40 heavy (non-hydrogen) atoms. The van der Waals surface area contributed by atoms with Crippen molar-refractivity contribution in [3.05, 3.63) is 95.0 Å². The van der Waals surface area contributed by atoms with E-state index in [1.165, 1.54) is 0 Å². The first-order chi connectivity index (χ1) is 19.3. The number of para-hydroxylation sites is 1. The summed E-state index contributed by atoms with van der Waals surface area (Å²) in [6.07, 6.45) is 7.86. The highest BCUT2D eigenvalue weighted by Crippen LogP contribution is 2.40. The maximum atomic E-state index is 14.0. The molecule has 2 aromatic carbocycles. The monoisotopic (exact) mass is 571 g/mol. The summed E-state index contributed by atoms with van der Waals surface area (Å²) < 4.78 is 35.7. The summed E-state index contributed by atoms with van der Waals surface area (Å²) in [6.45, 7) is 0.100. The van der Waals surface area contributed by atoms with Crippen molar-refractivity contribution in [3.8, 4) is 0 Å². The van der Waals surface area contributed by atoms with Gasteiger partial charge in [0.2, 0.25) is 10.0 Å². The predicted octanol–water partition coefficient (Wildman–Crippen LogP) is 5.77. The van der Waals surface area contributed by atoms with Crippen LogP contribution in [0.1, 0.15) is 40.9 Å². The minimum atomic E-state index is -3.88. The summed E-state index contributed by atoms with van der Waals surface area (Å²) in [5.74, 6) is -0.999. The van der Waals surface area contributed by atoms with Crippen molar-refractivity contribution in [2.45, 2.75) is 31.1 Å². The Morgan fingerprint density at radius 1 is 1.12 bits per heavy atom. The predicted molar refractivity (Wildman–Crippen MR) is 154 cm³/mol. The number of sulfonamides is 1. The first-order valence-electron chi connectivity index (χ1n) is 12.8. The fourth-order valence-electron chi connectivity index (χ4n) is 5.35. The van der Waals surface area contributed by atoms with Crippen LogP contribution in [-0.2, 0) is 21.4 Å². The van der Waals surface area contributed by atoms with Crippen molar-refractivity contribution >= 4 is 71.7 Å². The largest absolute Gasteiger partial charge is 0.464 e. The van der Waals surface area contributed by atoms with E-state index in [1.807, 2.05) is 42.5 Å². The molecule has 0 radical (unpaired) electrons. The SMILES string of the molecule is O=C1CC=CC=C1c1c(C(=O)NS(=O)(=O)C2CC2)n(Cc2cc3ccccc3nc2Cl)c2ccc3ccoc3c12. The molecule has 10 heteroatoms. The second-order valence-electron chi connectivity index (χ2n) is 10.1. The van der Waals surface area contributed by atoms with E-state index in [-0.39, 0.29) is 29.6 Å². The van der Waals surface area contributed by atoms with Crippen LogP contribution >= 0.6 is 11.6 Å². The maximum absolute atomic E-state index is 14.0. The number of carbonyl (C=O) groups excluding carboxylic acids is 2. The number of carbonyl (C=O) groups is 2. The van der Waals surface area contributed by atoms with Gasteiger partial charge in [0.25, 0.3) is 5.91 Å². The number of nitrogens with one attached hydrogen (secondary N) is 1. The third-order valence-electron chi connectivity index (χ3n) is 7.41. The number of ketones is 1. The van der Waals surface area contributed by atoms with Crippen molar-refractivity contribution in [2.75, 3.05) is 0 Å². The Bertz CT molecular complexity index is 2070. The molecule has 1 saturated carbocycles. The maximum Gasteiger partial charge on any atom is 0.282 e. The molecule has 3 aromatic heterocycles. The molecule has 2 aliphatic rings. The summed E-state index contributed by atoms with van der Waals surface area (Å²) in [5.41, 5.74) is 3.14. The zero-order chi connectivity index (χ0) is 27.6. The van der Waals surface area contributed by atoms with Gasteiger partial charge < -0.3 is 8.98 Å². The minimum Gasteiger partial charge on any atom is -0.464 e. The molecule has 2 aliphatic carbocycles. The number of furan rings is 1. The Morgan fingerprint density at radius 2 is 1.95 bits per heavy atom. The molecule has 0 unspecified atom stereocenters. The van der Waals surface area contributed by atoms with E-state index in [9.17, 15) is 18.0 Å². The van der Waals surface area contributed by atoms with Gasteiger partial charge in [-0.25, -0.2) is 18.1 Å².